The first-order valence-electron chi connectivity index (χ1n) is 8.37. The molecule has 0 unspecified atom stereocenters. The van der Waals surface area contributed by atoms with Gasteiger partial charge in [0.05, 0.1) is 16.6 Å². The fraction of sp³-hybridized carbons (Fsp3) is 0.412. The van der Waals surface area contributed by atoms with Crippen LogP contribution in [-0.2, 0) is 21.4 Å². The van der Waals surface area contributed by atoms with Crippen LogP contribution in [0.25, 0.3) is 0 Å². The van der Waals surface area contributed by atoms with Crippen LogP contribution in [-0.4, -0.2) is 36.7 Å². The normalized spacial score (nSPS) is 16.5. The minimum atomic E-state index is -3.48. The summed E-state index contributed by atoms with van der Waals surface area (Å²) in [6.45, 7) is 1.26. The largest absolute Gasteiger partial charge is 0.350 e. The van der Waals surface area contributed by atoms with E-state index >= 15 is 0 Å². The molecule has 1 fully saturated rings. The molecule has 9 heteroatoms. The highest BCUT2D eigenvalue weighted by Gasteiger charge is 2.31. The Morgan fingerprint density at radius 2 is 2.04 bits per heavy atom. The third kappa shape index (κ3) is 4.82. The van der Waals surface area contributed by atoms with Crippen LogP contribution in [0, 0.1) is 5.92 Å². The van der Waals surface area contributed by atoms with E-state index in [4.69, 9.17) is 11.6 Å². The minimum absolute atomic E-state index is 0.0259. The summed E-state index contributed by atoms with van der Waals surface area (Å²) in [6, 6.07) is 8.71. The van der Waals surface area contributed by atoms with Crippen LogP contribution in [0.4, 0.5) is 0 Å². The molecule has 2 aromatic rings. The highest BCUT2D eigenvalue weighted by atomic mass is 35.5. The Balaban J connectivity index is 1.47. The molecule has 1 aliphatic heterocycles. The van der Waals surface area contributed by atoms with Gasteiger partial charge in [0.2, 0.25) is 5.91 Å². The Kier molecular flexibility index (Phi) is 6.29. The predicted octanol–water partition coefficient (Wildman–Crippen LogP) is 2.90. The number of nitrogens with zero attached hydrogens (tertiary/aromatic N) is 2. The van der Waals surface area contributed by atoms with E-state index in [1.54, 1.807) is 18.3 Å². The van der Waals surface area contributed by atoms with Gasteiger partial charge < -0.3 is 5.32 Å². The molecule has 0 radical (unpaired) electrons. The van der Waals surface area contributed by atoms with Gasteiger partial charge in [0, 0.05) is 25.7 Å². The van der Waals surface area contributed by atoms with E-state index in [2.05, 4.69) is 10.3 Å². The SMILES string of the molecule is O=C(CC1CCN(S(=O)(=O)c2ccc(Cl)s2)CC1)NCc1ccccn1. The van der Waals surface area contributed by atoms with Gasteiger partial charge in [0.25, 0.3) is 10.0 Å². The van der Waals surface area contributed by atoms with E-state index in [9.17, 15) is 13.2 Å². The van der Waals surface area contributed by atoms with Gasteiger partial charge >= 0.3 is 0 Å². The van der Waals surface area contributed by atoms with Crippen LogP contribution >= 0.6 is 22.9 Å². The number of nitrogens with one attached hydrogen (secondary N) is 1. The van der Waals surface area contributed by atoms with Gasteiger partial charge in [-0.3, -0.25) is 9.78 Å². The van der Waals surface area contributed by atoms with Crippen molar-refractivity contribution >= 4 is 38.9 Å². The molecule has 0 spiro atoms. The lowest BCUT2D eigenvalue weighted by Crippen LogP contribution is -2.39. The first-order valence-corrected chi connectivity index (χ1v) is 11.0. The monoisotopic (exact) mass is 413 g/mol. The molecule has 2 aromatic heterocycles. The van der Waals surface area contributed by atoms with Crippen LogP contribution in [0.3, 0.4) is 0 Å². The average molecular weight is 414 g/mol. The maximum absolute atomic E-state index is 12.6. The molecule has 26 heavy (non-hydrogen) atoms. The molecule has 0 aromatic carbocycles. The summed E-state index contributed by atoms with van der Waals surface area (Å²) in [7, 11) is -3.48. The molecule has 1 aliphatic rings. The smallest absolute Gasteiger partial charge is 0.252 e. The number of hydrogen-bond acceptors (Lipinski definition) is 5. The third-order valence-electron chi connectivity index (χ3n) is 4.38. The lowest BCUT2D eigenvalue weighted by Gasteiger charge is -2.30. The Bertz CT molecular complexity index is 847. The van der Waals surface area contributed by atoms with Gasteiger partial charge in [-0.1, -0.05) is 17.7 Å². The topological polar surface area (TPSA) is 79.4 Å². The van der Waals surface area contributed by atoms with Gasteiger partial charge in [-0.05, 0) is 43.0 Å². The van der Waals surface area contributed by atoms with Crippen molar-refractivity contribution in [3.05, 3.63) is 46.6 Å². The highest BCUT2D eigenvalue weighted by molar-refractivity contribution is 7.91. The van der Waals surface area contributed by atoms with Crippen LogP contribution in [0.5, 0.6) is 0 Å². The number of aromatic nitrogens is 1. The maximum Gasteiger partial charge on any atom is 0.252 e. The standard InChI is InChI=1S/C17H20ClN3O3S2/c18-15-4-5-17(25-15)26(23,24)21-9-6-13(7-10-21)11-16(22)20-12-14-3-1-2-8-19-14/h1-5,8,13H,6-7,9-12H2,(H,20,22). The van der Waals surface area contributed by atoms with Gasteiger partial charge in [-0.15, -0.1) is 11.3 Å². The van der Waals surface area contributed by atoms with E-state index in [1.807, 2.05) is 18.2 Å². The van der Waals surface area contributed by atoms with Gasteiger partial charge in [-0.2, -0.15) is 4.31 Å². The minimum Gasteiger partial charge on any atom is -0.350 e. The summed E-state index contributed by atoms with van der Waals surface area (Å²) < 4.78 is 27.4. The number of rotatable bonds is 6. The zero-order valence-electron chi connectivity index (χ0n) is 14.1. The number of carbonyl (C=O) groups excluding carboxylic acids is 1. The summed E-state index contributed by atoms with van der Waals surface area (Å²) in [5.74, 6) is 0.166. The Labute approximate surface area is 162 Å². The second kappa shape index (κ2) is 8.47. The van der Waals surface area contributed by atoms with Gasteiger partial charge in [-0.25, -0.2) is 8.42 Å². The first-order chi connectivity index (χ1) is 12.4. The molecule has 3 heterocycles. The molecule has 1 amide bonds. The molecule has 0 saturated carbocycles. The molecular weight excluding hydrogens is 394 g/mol. The lowest BCUT2D eigenvalue weighted by molar-refractivity contribution is -0.122. The van der Waals surface area contributed by atoms with Crippen molar-refractivity contribution in [2.24, 2.45) is 5.92 Å². The first kappa shape index (κ1) is 19.3. The summed E-state index contributed by atoms with van der Waals surface area (Å²) in [5, 5.41) is 2.87. The zero-order valence-corrected chi connectivity index (χ0v) is 16.5. The Morgan fingerprint density at radius 3 is 2.65 bits per heavy atom. The molecule has 140 valence electrons. The summed E-state index contributed by atoms with van der Waals surface area (Å²) in [6.07, 6.45) is 3.45. The molecule has 6 nitrogen and oxygen atoms in total. The lowest BCUT2D eigenvalue weighted by atomic mass is 9.94. The molecule has 1 saturated heterocycles. The van der Waals surface area contributed by atoms with Crippen LogP contribution in [0.2, 0.25) is 4.34 Å². The number of halogens is 1. The quantitative estimate of drug-likeness (QED) is 0.789. The van der Waals surface area contributed by atoms with Crippen molar-refractivity contribution in [1.82, 2.24) is 14.6 Å². The van der Waals surface area contributed by atoms with Crippen LogP contribution in [0.1, 0.15) is 25.0 Å². The van der Waals surface area contributed by atoms with Crippen molar-refractivity contribution in [2.75, 3.05) is 13.1 Å². The molecule has 1 N–H and O–H groups in total. The number of sulfonamides is 1. The molecule has 0 bridgehead atoms. The second-order valence-electron chi connectivity index (χ2n) is 6.21. The Hall–Kier alpha value is -1.48. The van der Waals surface area contributed by atoms with E-state index in [0.717, 1.165) is 17.0 Å². The predicted molar refractivity (Wildman–Crippen MR) is 102 cm³/mol. The number of pyridine rings is 1. The van der Waals surface area contributed by atoms with Crippen LogP contribution in [0.15, 0.2) is 40.7 Å². The van der Waals surface area contributed by atoms with Crippen molar-refractivity contribution in [2.45, 2.75) is 30.0 Å². The number of piperidine rings is 1. The van der Waals surface area contributed by atoms with Gasteiger partial charge in [0.15, 0.2) is 0 Å². The van der Waals surface area contributed by atoms with Crippen LogP contribution < -0.4 is 5.32 Å². The van der Waals surface area contributed by atoms with Gasteiger partial charge in [0.1, 0.15) is 4.21 Å². The number of amides is 1. The van der Waals surface area contributed by atoms with E-state index in [1.165, 1.54) is 4.31 Å². The number of hydrogen-bond donors (Lipinski definition) is 1. The molecular formula is C17H20ClN3O3S2. The average Bonchev–Trinajstić information content (AvgIpc) is 3.09. The fourth-order valence-electron chi connectivity index (χ4n) is 2.94. The summed E-state index contributed by atoms with van der Waals surface area (Å²) in [4.78, 5) is 16.3. The zero-order chi connectivity index (χ0) is 18.6. The fourth-order valence-corrected chi connectivity index (χ4v) is 6.05. The molecule has 0 aliphatic carbocycles. The molecule has 3 rings (SSSR count). The van der Waals surface area contributed by atoms with Crippen molar-refractivity contribution in [3.63, 3.8) is 0 Å². The van der Waals surface area contributed by atoms with E-state index < -0.39 is 10.0 Å². The summed E-state index contributed by atoms with van der Waals surface area (Å²) in [5.41, 5.74) is 0.816. The van der Waals surface area contributed by atoms with E-state index in [0.29, 0.717) is 43.2 Å². The van der Waals surface area contributed by atoms with E-state index in [-0.39, 0.29) is 16.0 Å². The number of carbonyl (C=O) groups is 1. The van der Waals surface area contributed by atoms with Crippen molar-refractivity contribution < 1.29 is 13.2 Å². The number of thiophene rings is 1. The van der Waals surface area contributed by atoms with Crippen molar-refractivity contribution in [3.8, 4) is 0 Å². The third-order valence-corrected chi connectivity index (χ3v) is 7.98. The molecule has 0 atom stereocenters. The highest BCUT2D eigenvalue weighted by Crippen LogP contribution is 2.31. The Morgan fingerprint density at radius 1 is 1.27 bits per heavy atom. The van der Waals surface area contributed by atoms with Crippen molar-refractivity contribution in [1.29, 1.82) is 0 Å². The summed E-state index contributed by atoms with van der Waals surface area (Å²) >= 11 is 6.92. The second-order valence-corrected chi connectivity index (χ2v) is 10.1. The maximum atomic E-state index is 12.6.